The third kappa shape index (κ3) is 5.63. The highest BCUT2D eigenvalue weighted by Gasteiger charge is 2.33. The van der Waals surface area contributed by atoms with E-state index in [0.29, 0.717) is 0 Å². The number of rotatable bonds is 6. The molecule has 2 aliphatic heterocycles. The Kier molecular flexibility index (Phi) is 7.90. The molecule has 7 aromatic carbocycles. The molecule has 0 spiro atoms. The van der Waals surface area contributed by atoms with E-state index in [1.165, 1.54) is 38.2 Å². The Balaban J connectivity index is 1.29. The molecule has 0 amide bonds. The average molecular weight is 648 g/mol. The molecule has 0 radical (unpaired) electrons. The normalized spacial score (nSPS) is 20.4. The van der Waals surface area contributed by atoms with Crippen molar-refractivity contribution in [3.05, 3.63) is 209 Å². The second kappa shape index (κ2) is 13.1. The summed E-state index contributed by atoms with van der Waals surface area (Å²) in [4.78, 5) is 5.24. The monoisotopic (exact) mass is 647 g/mol. The van der Waals surface area contributed by atoms with E-state index < -0.39 is 0 Å². The van der Waals surface area contributed by atoms with E-state index in [0.717, 1.165) is 28.2 Å². The van der Waals surface area contributed by atoms with Crippen LogP contribution in [-0.4, -0.2) is 5.84 Å². The Morgan fingerprint density at radius 2 is 0.900 bits per heavy atom. The van der Waals surface area contributed by atoms with E-state index in [1.54, 1.807) is 0 Å². The molecule has 2 aliphatic rings. The number of hydrogen-bond donors (Lipinski definition) is 4. The van der Waals surface area contributed by atoms with Gasteiger partial charge in [-0.25, -0.2) is 4.99 Å². The molecule has 4 atom stereocenters. The van der Waals surface area contributed by atoms with Crippen molar-refractivity contribution < 1.29 is 0 Å². The summed E-state index contributed by atoms with van der Waals surface area (Å²) < 4.78 is 0. The molecule has 0 aromatic heterocycles. The molecule has 0 bridgehead atoms. The fourth-order valence-corrected chi connectivity index (χ4v) is 7.53. The highest BCUT2D eigenvalue weighted by molar-refractivity contribution is 6.11. The first kappa shape index (κ1) is 30.1. The summed E-state index contributed by atoms with van der Waals surface area (Å²) >= 11 is 0. The third-order valence-electron chi connectivity index (χ3n) is 9.84. The van der Waals surface area contributed by atoms with Gasteiger partial charge in [-0.3, -0.25) is 10.6 Å². The minimum absolute atomic E-state index is 0.106. The van der Waals surface area contributed by atoms with E-state index in [-0.39, 0.29) is 24.5 Å². The molecule has 0 saturated carbocycles. The van der Waals surface area contributed by atoms with Crippen molar-refractivity contribution in [2.24, 2.45) is 4.99 Å². The predicted molar refractivity (Wildman–Crippen MR) is 205 cm³/mol. The second-order valence-corrected chi connectivity index (χ2v) is 12.9. The highest BCUT2D eigenvalue weighted by Crippen LogP contribution is 2.43. The lowest BCUT2D eigenvalue weighted by molar-refractivity contribution is 0.401. The molecular weight excluding hydrogens is 611 g/mol. The third-order valence-corrected chi connectivity index (χ3v) is 9.84. The zero-order valence-electron chi connectivity index (χ0n) is 27.5. The van der Waals surface area contributed by atoms with E-state index in [2.05, 4.69) is 197 Å². The molecule has 4 N–H and O–H groups in total. The average Bonchev–Trinajstić information content (AvgIpc) is 3.21. The molecule has 5 nitrogen and oxygen atoms in total. The summed E-state index contributed by atoms with van der Waals surface area (Å²) in [6.45, 7) is 0. The van der Waals surface area contributed by atoms with E-state index >= 15 is 0 Å². The largest absolute Gasteiger partial charge is 0.366 e. The van der Waals surface area contributed by atoms with Gasteiger partial charge in [-0.2, -0.15) is 0 Å². The molecular formula is C45H37N5. The highest BCUT2D eigenvalue weighted by atomic mass is 15.3. The van der Waals surface area contributed by atoms with Crippen LogP contribution in [0.15, 0.2) is 181 Å². The molecule has 0 saturated heterocycles. The number of nitrogens with zero attached hydrogens (tertiary/aromatic N) is 1. The Morgan fingerprint density at radius 3 is 1.52 bits per heavy atom. The number of aliphatic imine (C=N–C) groups is 1. The minimum Gasteiger partial charge on any atom is -0.366 e. The van der Waals surface area contributed by atoms with Gasteiger partial charge < -0.3 is 10.6 Å². The van der Waals surface area contributed by atoms with Gasteiger partial charge in [0.15, 0.2) is 0 Å². The zero-order valence-corrected chi connectivity index (χ0v) is 27.5. The van der Waals surface area contributed by atoms with Crippen molar-refractivity contribution in [1.82, 2.24) is 21.3 Å². The van der Waals surface area contributed by atoms with Crippen LogP contribution < -0.4 is 21.3 Å². The van der Waals surface area contributed by atoms with Crippen LogP contribution >= 0.6 is 0 Å². The topological polar surface area (TPSA) is 60.5 Å². The quantitative estimate of drug-likeness (QED) is 0.136. The van der Waals surface area contributed by atoms with Gasteiger partial charge in [-0.05, 0) is 49.9 Å². The van der Waals surface area contributed by atoms with Crippen molar-refractivity contribution in [1.29, 1.82) is 0 Å². The predicted octanol–water partition coefficient (Wildman–Crippen LogP) is 9.30. The fourth-order valence-electron chi connectivity index (χ4n) is 7.53. The summed E-state index contributed by atoms with van der Waals surface area (Å²) in [6.07, 6.45) is 1.76. The lowest BCUT2D eigenvalue weighted by Gasteiger charge is -2.38. The molecule has 4 unspecified atom stereocenters. The molecule has 5 heteroatoms. The van der Waals surface area contributed by atoms with Gasteiger partial charge >= 0.3 is 0 Å². The van der Waals surface area contributed by atoms with Gasteiger partial charge in [0.25, 0.3) is 0 Å². The molecule has 7 aromatic rings. The number of hydrogen-bond acceptors (Lipinski definition) is 5. The fraction of sp³-hybridized carbons (Fsp3) is 0.0889. The molecule has 9 rings (SSSR count). The van der Waals surface area contributed by atoms with E-state index in [9.17, 15) is 0 Å². The van der Waals surface area contributed by atoms with Crippen molar-refractivity contribution in [2.45, 2.75) is 24.5 Å². The summed E-state index contributed by atoms with van der Waals surface area (Å²) in [7, 11) is 0. The van der Waals surface area contributed by atoms with Crippen molar-refractivity contribution >= 4 is 33.1 Å². The number of amidine groups is 1. The second-order valence-electron chi connectivity index (χ2n) is 12.9. The first-order chi connectivity index (χ1) is 24.8. The van der Waals surface area contributed by atoms with E-state index in [1.807, 2.05) is 0 Å². The number of fused-ring (bicyclic) bond motifs is 3. The maximum atomic E-state index is 5.24. The Labute approximate surface area is 292 Å². The zero-order chi connectivity index (χ0) is 33.3. The lowest BCUT2D eigenvalue weighted by Crippen LogP contribution is -2.46. The lowest BCUT2D eigenvalue weighted by atomic mass is 9.85. The SMILES string of the molecule is C1=C(c2ccccc2)NC(c2ccccc2)NC1c1c(C2NC(c3ccccc3)=NC(c3ccccc3)N2)c2ccccc2c2ccccc12. The Morgan fingerprint density at radius 1 is 0.400 bits per heavy atom. The number of nitrogens with one attached hydrogen (secondary N) is 4. The van der Waals surface area contributed by atoms with Crippen LogP contribution in [0.1, 0.15) is 57.9 Å². The van der Waals surface area contributed by atoms with Crippen LogP contribution in [0, 0.1) is 0 Å². The maximum Gasteiger partial charge on any atom is 0.131 e. The van der Waals surface area contributed by atoms with Gasteiger partial charge in [0.05, 0.1) is 6.04 Å². The molecule has 2 heterocycles. The van der Waals surface area contributed by atoms with Crippen LogP contribution in [-0.2, 0) is 0 Å². The van der Waals surface area contributed by atoms with Gasteiger partial charge in [-0.1, -0.05) is 170 Å². The summed E-state index contributed by atoms with van der Waals surface area (Å²) in [6, 6.07) is 59.8. The smallest absolute Gasteiger partial charge is 0.131 e. The van der Waals surface area contributed by atoms with Gasteiger partial charge in [0.1, 0.15) is 24.3 Å². The van der Waals surface area contributed by atoms with Crippen molar-refractivity contribution in [3.8, 4) is 0 Å². The van der Waals surface area contributed by atoms with Gasteiger partial charge in [0.2, 0.25) is 0 Å². The summed E-state index contributed by atoms with van der Waals surface area (Å²) in [5.41, 5.74) is 8.06. The summed E-state index contributed by atoms with van der Waals surface area (Å²) in [5, 5.41) is 20.6. The molecule has 50 heavy (non-hydrogen) atoms. The first-order valence-corrected chi connectivity index (χ1v) is 17.3. The molecule has 0 fully saturated rings. The van der Waals surface area contributed by atoms with E-state index in [4.69, 9.17) is 4.99 Å². The minimum atomic E-state index is -0.252. The van der Waals surface area contributed by atoms with Crippen molar-refractivity contribution in [2.75, 3.05) is 0 Å². The Bertz CT molecular complexity index is 2340. The van der Waals surface area contributed by atoms with Crippen molar-refractivity contribution in [3.63, 3.8) is 0 Å². The molecule has 242 valence electrons. The summed E-state index contributed by atoms with van der Waals surface area (Å²) in [5.74, 6) is 0.868. The van der Waals surface area contributed by atoms with Crippen LogP contribution in [0.3, 0.4) is 0 Å². The Hall–Kier alpha value is -6.01. The van der Waals surface area contributed by atoms with Crippen LogP contribution in [0.4, 0.5) is 0 Å². The standard InChI is InChI=1S/C45H37N5/c1-5-17-30(18-6-1)38-29-39(47-42(46-38)31-19-7-2-8-20-31)40-36-27-15-13-25-34(36)35-26-14-16-28-37(35)41(40)45-49-43(32-21-9-3-10-22-32)48-44(50-45)33-23-11-4-12-24-33/h1-29,39,42-43,45-47,49H,(H,48,50). The maximum absolute atomic E-state index is 5.24. The van der Waals surface area contributed by atoms with Crippen LogP contribution in [0.25, 0.3) is 27.2 Å². The van der Waals surface area contributed by atoms with Gasteiger partial charge in [0, 0.05) is 16.8 Å². The first-order valence-electron chi connectivity index (χ1n) is 17.3. The van der Waals surface area contributed by atoms with Gasteiger partial charge in [-0.15, -0.1) is 0 Å². The van der Waals surface area contributed by atoms with Crippen LogP contribution in [0.2, 0.25) is 0 Å². The number of benzene rings is 7. The molecule has 0 aliphatic carbocycles. The van der Waals surface area contributed by atoms with Crippen LogP contribution in [0.5, 0.6) is 0 Å².